The largest absolute Gasteiger partial charge is 0.397 e. The van der Waals surface area contributed by atoms with Gasteiger partial charge in [-0.2, -0.15) is 0 Å². The first-order chi connectivity index (χ1) is 11.7. The molecular formula is C12H16ClN4O7P. The lowest BCUT2D eigenvalue weighted by Crippen LogP contribution is -2.33. The molecule has 3 rings (SSSR count). The summed E-state index contributed by atoms with van der Waals surface area (Å²) in [5.41, 5.74) is 6.73. The fraction of sp³-hybridized carbons (Fsp3) is 0.500. The number of rotatable bonds is 5. The molecule has 11 nitrogen and oxygen atoms in total. The van der Waals surface area contributed by atoms with Gasteiger partial charge in [-0.15, -0.1) is 0 Å². The van der Waals surface area contributed by atoms with Crippen LogP contribution in [0, 0.1) is 0 Å². The van der Waals surface area contributed by atoms with Gasteiger partial charge in [0, 0.05) is 6.07 Å². The Labute approximate surface area is 146 Å². The first-order valence-electron chi connectivity index (χ1n) is 7.10. The van der Waals surface area contributed by atoms with Crippen molar-refractivity contribution < 1.29 is 34.0 Å². The van der Waals surface area contributed by atoms with Gasteiger partial charge in [-0.1, -0.05) is 11.6 Å². The van der Waals surface area contributed by atoms with Crippen LogP contribution >= 0.6 is 19.2 Å². The summed E-state index contributed by atoms with van der Waals surface area (Å²) in [7, 11) is -4.34. The number of imidazole rings is 1. The third-order valence-electron chi connectivity index (χ3n) is 3.68. The number of hydrogen-bond donors (Lipinski definition) is 5. The zero-order valence-electron chi connectivity index (χ0n) is 12.6. The first-order valence-corrected chi connectivity index (χ1v) is 9.27. The van der Waals surface area contributed by atoms with Crippen LogP contribution in [0.3, 0.4) is 0 Å². The summed E-state index contributed by atoms with van der Waals surface area (Å²) in [5, 5.41) is 20.4. The van der Waals surface area contributed by atoms with Crippen molar-refractivity contribution in [3.8, 4) is 0 Å². The van der Waals surface area contributed by atoms with E-state index in [1.165, 1.54) is 17.0 Å². The number of anilines is 1. The van der Waals surface area contributed by atoms with E-state index in [1.54, 1.807) is 0 Å². The van der Waals surface area contributed by atoms with Gasteiger partial charge >= 0.3 is 7.60 Å². The van der Waals surface area contributed by atoms with Crippen LogP contribution in [-0.2, 0) is 14.0 Å². The molecule has 2 aromatic heterocycles. The highest BCUT2D eigenvalue weighted by Crippen LogP contribution is 2.36. The van der Waals surface area contributed by atoms with Crippen LogP contribution in [-0.4, -0.2) is 65.8 Å². The monoisotopic (exact) mass is 394 g/mol. The number of hydrogen-bond acceptors (Lipinski definition) is 8. The molecule has 1 aliphatic rings. The Morgan fingerprint density at radius 3 is 2.80 bits per heavy atom. The van der Waals surface area contributed by atoms with Gasteiger partial charge in [-0.25, -0.2) is 9.97 Å². The predicted molar refractivity (Wildman–Crippen MR) is 85.7 cm³/mol. The maximum atomic E-state index is 10.8. The van der Waals surface area contributed by atoms with Gasteiger partial charge in [-0.3, -0.25) is 9.13 Å². The van der Waals surface area contributed by atoms with Gasteiger partial charge in [0.1, 0.15) is 35.3 Å². The summed E-state index contributed by atoms with van der Waals surface area (Å²) in [5.74, 6) is 0. The highest BCUT2D eigenvalue weighted by atomic mass is 35.5. The van der Waals surface area contributed by atoms with Crippen molar-refractivity contribution in [1.29, 1.82) is 0 Å². The molecular weight excluding hydrogens is 379 g/mol. The minimum Gasteiger partial charge on any atom is -0.397 e. The van der Waals surface area contributed by atoms with Crippen molar-refractivity contribution in [2.45, 2.75) is 24.5 Å². The maximum Gasteiger partial charge on any atom is 0.350 e. The lowest BCUT2D eigenvalue weighted by molar-refractivity contribution is -0.0612. The number of pyridine rings is 1. The molecule has 0 spiro atoms. The fourth-order valence-electron chi connectivity index (χ4n) is 2.57. The Morgan fingerprint density at radius 1 is 1.40 bits per heavy atom. The van der Waals surface area contributed by atoms with Crippen LogP contribution in [0.1, 0.15) is 6.23 Å². The molecule has 0 saturated carbocycles. The van der Waals surface area contributed by atoms with Crippen molar-refractivity contribution in [2.75, 3.05) is 18.7 Å². The number of aromatic nitrogens is 3. The molecule has 25 heavy (non-hydrogen) atoms. The zero-order chi connectivity index (χ0) is 18.4. The molecule has 2 aromatic rings. The number of ether oxygens (including phenoxy) is 2. The summed E-state index contributed by atoms with van der Waals surface area (Å²) < 4.78 is 22.6. The average Bonchev–Trinajstić information content (AvgIpc) is 3.02. The number of aliphatic hydroxyl groups is 2. The van der Waals surface area contributed by atoms with Crippen LogP contribution in [0.15, 0.2) is 12.4 Å². The van der Waals surface area contributed by atoms with Crippen molar-refractivity contribution >= 4 is 36.0 Å². The van der Waals surface area contributed by atoms with Crippen LogP contribution in [0.2, 0.25) is 5.15 Å². The number of nitrogens with two attached hydrogens (primary N) is 1. The lowest BCUT2D eigenvalue weighted by atomic mass is 10.1. The van der Waals surface area contributed by atoms with Crippen LogP contribution in [0.4, 0.5) is 5.69 Å². The van der Waals surface area contributed by atoms with Crippen molar-refractivity contribution in [3.05, 3.63) is 17.5 Å². The van der Waals surface area contributed by atoms with Crippen LogP contribution in [0.25, 0.3) is 11.2 Å². The van der Waals surface area contributed by atoms with Gasteiger partial charge in [0.15, 0.2) is 11.9 Å². The molecule has 1 fully saturated rings. The maximum absolute atomic E-state index is 10.8. The molecule has 0 aliphatic carbocycles. The molecule has 0 unspecified atom stereocenters. The molecule has 0 radical (unpaired) electrons. The minimum atomic E-state index is -4.34. The Morgan fingerprint density at radius 2 is 2.12 bits per heavy atom. The van der Waals surface area contributed by atoms with E-state index in [9.17, 15) is 14.8 Å². The number of fused-ring (bicyclic) bond motifs is 1. The molecule has 4 atom stereocenters. The minimum absolute atomic E-state index is 0.126. The number of nitrogens with zero attached hydrogens (tertiary/aromatic N) is 3. The molecule has 1 aliphatic heterocycles. The van der Waals surface area contributed by atoms with E-state index in [0.717, 1.165) is 0 Å². The topological polar surface area (TPSA) is 173 Å². The smallest absolute Gasteiger partial charge is 0.350 e. The van der Waals surface area contributed by atoms with Crippen molar-refractivity contribution in [2.24, 2.45) is 0 Å². The summed E-state index contributed by atoms with van der Waals surface area (Å²) in [6, 6.07) is 1.43. The molecule has 138 valence electrons. The Bertz CT molecular complexity index is 827. The van der Waals surface area contributed by atoms with Gasteiger partial charge in [0.2, 0.25) is 0 Å². The average molecular weight is 395 g/mol. The first kappa shape index (κ1) is 18.5. The van der Waals surface area contributed by atoms with Gasteiger partial charge < -0.3 is 35.2 Å². The molecule has 0 amide bonds. The molecule has 13 heteroatoms. The predicted octanol–water partition coefficient (Wildman–Crippen LogP) is -0.562. The quantitative estimate of drug-likeness (QED) is 0.326. The fourth-order valence-corrected chi connectivity index (χ4v) is 3.11. The van der Waals surface area contributed by atoms with E-state index in [1.807, 2.05) is 0 Å². The lowest BCUT2D eigenvalue weighted by Gasteiger charge is -2.16. The number of aliphatic hydroxyl groups excluding tert-OH is 2. The normalized spacial score (nSPS) is 27.2. The molecule has 3 heterocycles. The highest BCUT2D eigenvalue weighted by Gasteiger charge is 2.44. The van der Waals surface area contributed by atoms with Gasteiger partial charge in [0.25, 0.3) is 0 Å². The van der Waals surface area contributed by atoms with E-state index < -0.39 is 38.5 Å². The second-order valence-corrected chi connectivity index (χ2v) is 7.54. The van der Waals surface area contributed by atoms with Crippen LogP contribution < -0.4 is 5.73 Å². The van der Waals surface area contributed by atoms with E-state index in [0.29, 0.717) is 11.2 Å². The standard InChI is InChI=1S/C12H16ClN4O7P/c13-7-1-5(14)8-11(16-7)17(3-15-8)12-10(19)9(18)6(24-12)2-23-4-25(20,21)22/h1,3,6,9-10,12,18-19H,2,4H2,(H2,14,16)(H2,20,21,22)/t6-,9-,10-,12-/m1/s1. The van der Waals surface area contributed by atoms with Crippen molar-refractivity contribution in [3.63, 3.8) is 0 Å². The Balaban J connectivity index is 1.80. The second kappa shape index (κ2) is 6.78. The summed E-state index contributed by atoms with van der Waals surface area (Å²) in [6.07, 6.45) is -4.21. The summed E-state index contributed by atoms with van der Waals surface area (Å²) >= 11 is 5.89. The van der Waals surface area contributed by atoms with Crippen molar-refractivity contribution in [1.82, 2.24) is 14.5 Å². The summed E-state index contributed by atoms with van der Waals surface area (Å²) in [6.45, 7) is -0.317. The van der Waals surface area contributed by atoms with Crippen LogP contribution in [0.5, 0.6) is 0 Å². The number of halogens is 1. The highest BCUT2D eigenvalue weighted by molar-refractivity contribution is 7.51. The molecule has 0 aromatic carbocycles. The Hall–Kier alpha value is -1.30. The third kappa shape index (κ3) is 3.78. The summed E-state index contributed by atoms with van der Waals surface area (Å²) in [4.78, 5) is 25.7. The molecule has 0 bridgehead atoms. The molecule has 1 saturated heterocycles. The third-order valence-corrected chi connectivity index (χ3v) is 4.39. The Kier molecular flexibility index (Phi) is 5.02. The second-order valence-electron chi connectivity index (χ2n) is 5.57. The van der Waals surface area contributed by atoms with E-state index in [-0.39, 0.29) is 17.4 Å². The van der Waals surface area contributed by atoms with E-state index in [2.05, 4.69) is 9.97 Å². The molecule has 6 N–H and O–H groups in total. The zero-order valence-corrected chi connectivity index (χ0v) is 14.3. The SMILES string of the molecule is Nc1cc(Cl)nc2c1ncn2[C@@H]1O[C@H](COCP(=O)(O)O)[C@@H](O)[C@H]1O. The van der Waals surface area contributed by atoms with Gasteiger partial charge in [-0.05, 0) is 0 Å². The van der Waals surface area contributed by atoms with Gasteiger partial charge in [0.05, 0.1) is 18.6 Å². The van der Waals surface area contributed by atoms with E-state index in [4.69, 9.17) is 36.6 Å². The van der Waals surface area contributed by atoms with E-state index >= 15 is 0 Å². The number of nitrogen functional groups attached to an aromatic ring is 1.